The van der Waals surface area contributed by atoms with Crippen LogP contribution in [0.3, 0.4) is 0 Å². The monoisotopic (exact) mass is 296 g/mol. The maximum absolute atomic E-state index is 11.5. The minimum atomic E-state index is -4.03. The van der Waals surface area contributed by atoms with E-state index in [-0.39, 0.29) is 19.8 Å². The van der Waals surface area contributed by atoms with Crippen LogP contribution in [0.5, 0.6) is 0 Å². The predicted octanol–water partition coefficient (Wildman–Crippen LogP) is 1.45. The lowest BCUT2D eigenvalue weighted by atomic mass is 10.5. The summed E-state index contributed by atoms with van der Waals surface area (Å²) in [5.74, 6) is -0.728. The van der Waals surface area contributed by atoms with Gasteiger partial charge in [-0.25, -0.2) is 19.5 Å². The van der Waals surface area contributed by atoms with Crippen LogP contribution >= 0.6 is 0 Å². The minimum absolute atomic E-state index is 0.195. The first-order valence-corrected chi connectivity index (χ1v) is 7.54. The fourth-order valence-electron chi connectivity index (χ4n) is 0.779. The molecule has 0 spiro atoms. The normalized spacial score (nSPS) is 12.0. The minimum Gasteiger partial charge on any atom is -0.445 e. The highest BCUT2D eigenvalue weighted by Crippen LogP contribution is 2.14. The third kappa shape index (κ3) is 8.05. The van der Waals surface area contributed by atoms with Crippen molar-refractivity contribution in [3.8, 4) is 0 Å². The average molecular weight is 296 g/mol. The molecule has 8 nitrogen and oxygen atoms in total. The van der Waals surface area contributed by atoms with Gasteiger partial charge >= 0.3 is 15.0 Å². The summed E-state index contributed by atoms with van der Waals surface area (Å²) in [4.78, 5) is 25.6. The Bertz CT molecular complexity index is 248. The highest BCUT2D eigenvalue weighted by Gasteiger charge is 2.56. The molecule has 0 aromatic rings. The van der Waals surface area contributed by atoms with Crippen molar-refractivity contribution in [2.24, 2.45) is 0 Å². The van der Waals surface area contributed by atoms with Gasteiger partial charge in [-0.05, 0) is 27.7 Å². The maximum atomic E-state index is 11.5. The predicted molar refractivity (Wildman–Crippen MR) is 64.8 cm³/mol. The average Bonchev–Trinajstić information content (AvgIpc) is 2.40. The second-order valence-electron chi connectivity index (χ2n) is 2.89. The molecule has 0 aliphatic rings. The third-order valence-electron chi connectivity index (χ3n) is 1.36. The van der Waals surface area contributed by atoms with Crippen LogP contribution in [-0.2, 0) is 37.6 Å². The van der Waals surface area contributed by atoms with E-state index in [1.165, 1.54) is 12.2 Å². The van der Waals surface area contributed by atoms with Gasteiger partial charge in [0.2, 0.25) is 0 Å². The van der Waals surface area contributed by atoms with E-state index >= 15 is 0 Å². The Kier molecular flexibility index (Phi) is 10.6. The molecule has 0 bridgehead atoms. The highest BCUT2D eigenvalue weighted by molar-refractivity contribution is 6.55. The van der Waals surface area contributed by atoms with Crippen molar-refractivity contribution in [1.82, 2.24) is 0 Å². The Morgan fingerprint density at radius 3 is 1.68 bits per heavy atom. The molecule has 112 valence electrons. The number of carbonyl (C=O) groups is 1. The zero-order valence-corrected chi connectivity index (χ0v) is 12.5. The molecule has 0 N–H and O–H groups in total. The summed E-state index contributed by atoms with van der Waals surface area (Å²) in [5.41, 5.74) is 0. The zero-order chi connectivity index (χ0) is 14.6. The molecule has 0 unspecified atom stereocenters. The van der Waals surface area contributed by atoms with Crippen LogP contribution in [0, 0.1) is 0 Å². The molecule has 0 fully saturated rings. The molecule has 0 aliphatic carbocycles. The summed E-state index contributed by atoms with van der Waals surface area (Å²) in [7, 11) is -4.03. The smallest absolute Gasteiger partial charge is 0.445 e. The van der Waals surface area contributed by atoms with Gasteiger partial charge in [-0.15, -0.1) is 0 Å². The van der Waals surface area contributed by atoms with E-state index in [1.54, 1.807) is 27.7 Å². The van der Waals surface area contributed by atoms with Crippen molar-refractivity contribution < 1.29 is 37.6 Å². The quantitative estimate of drug-likeness (QED) is 0.245. The largest absolute Gasteiger partial charge is 0.836 e. The Morgan fingerprint density at radius 1 is 0.947 bits per heavy atom. The van der Waals surface area contributed by atoms with Crippen LogP contribution in [0.15, 0.2) is 12.2 Å². The lowest BCUT2D eigenvalue weighted by molar-refractivity contribution is -0.381. The summed E-state index contributed by atoms with van der Waals surface area (Å²) in [6.45, 7) is 7.26. The molecule has 0 heterocycles. The van der Waals surface area contributed by atoms with Gasteiger partial charge in [0.05, 0.1) is 19.8 Å². The van der Waals surface area contributed by atoms with Crippen LogP contribution in [0.1, 0.15) is 27.7 Å². The van der Waals surface area contributed by atoms with Gasteiger partial charge in [-0.2, -0.15) is 13.7 Å². The Balaban J connectivity index is 4.79. The molecule has 0 aromatic carbocycles. The first-order chi connectivity index (χ1) is 9.14. The fourth-order valence-corrected chi connectivity index (χ4v) is 2.07. The van der Waals surface area contributed by atoms with E-state index in [4.69, 9.17) is 32.8 Å². The Hall–Kier alpha value is -0.813. The van der Waals surface area contributed by atoms with E-state index in [1.807, 2.05) is 0 Å². The molecule has 0 amide bonds. The van der Waals surface area contributed by atoms with E-state index in [9.17, 15) is 4.79 Å². The maximum Gasteiger partial charge on any atom is 0.836 e. The molecular formula is C10H20O8Si. The summed E-state index contributed by atoms with van der Waals surface area (Å²) < 4.78 is 19.6. The summed E-state index contributed by atoms with van der Waals surface area (Å²) in [5, 5.41) is 0. The van der Waals surface area contributed by atoms with Crippen molar-refractivity contribution in [2.75, 3.05) is 19.8 Å². The summed E-state index contributed by atoms with van der Waals surface area (Å²) in [6, 6.07) is 0. The molecular weight excluding hydrogens is 276 g/mol. The lowest BCUT2D eigenvalue weighted by Crippen LogP contribution is -2.50. The van der Waals surface area contributed by atoms with Crippen LogP contribution in [-0.4, -0.2) is 34.8 Å². The molecule has 19 heavy (non-hydrogen) atoms. The van der Waals surface area contributed by atoms with Crippen molar-refractivity contribution in [3.05, 3.63) is 12.2 Å². The van der Waals surface area contributed by atoms with Crippen molar-refractivity contribution in [1.29, 1.82) is 0 Å². The van der Waals surface area contributed by atoms with E-state index < -0.39 is 15.0 Å². The molecule has 0 aliphatic heterocycles. The molecule has 0 atom stereocenters. The molecule has 0 radical (unpaired) electrons. The zero-order valence-electron chi connectivity index (χ0n) is 11.5. The van der Waals surface area contributed by atoms with E-state index in [0.717, 1.165) is 0 Å². The van der Waals surface area contributed by atoms with Gasteiger partial charge in [0.25, 0.3) is 0 Å². The van der Waals surface area contributed by atoms with Gasteiger partial charge in [-0.1, -0.05) is 6.08 Å². The van der Waals surface area contributed by atoms with Crippen LogP contribution in [0.2, 0.25) is 0 Å². The van der Waals surface area contributed by atoms with Crippen molar-refractivity contribution in [2.45, 2.75) is 27.7 Å². The van der Waals surface area contributed by atoms with Gasteiger partial charge < -0.3 is 4.43 Å². The van der Waals surface area contributed by atoms with Crippen molar-refractivity contribution in [3.63, 3.8) is 0 Å². The van der Waals surface area contributed by atoms with Gasteiger partial charge in [0, 0.05) is 6.08 Å². The van der Waals surface area contributed by atoms with Gasteiger partial charge in [0.1, 0.15) is 0 Å². The number of rotatable bonds is 11. The van der Waals surface area contributed by atoms with Gasteiger partial charge in [0.15, 0.2) is 0 Å². The topological polar surface area (TPSA) is 81.7 Å². The standard InChI is InChI=1S/C10H20O8Si/c1-5-9-10(11)15-19(16-12-6-2,17-13-7-3)18-14-8-4/h5,9H,6-8H2,1-4H3/b9-5+. The SMILES string of the molecule is C/C=C/C(=O)O[Si](OOCC)(OOCC)OOCC. The van der Waals surface area contributed by atoms with E-state index in [2.05, 4.69) is 0 Å². The molecule has 9 heteroatoms. The summed E-state index contributed by atoms with van der Waals surface area (Å²) >= 11 is 0. The Labute approximate surface area is 113 Å². The first kappa shape index (κ1) is 18.2. The second kappa shape index (κ2) is 11.1. The molecule has 0 aromatic heterocycles. The number of hydrogen-bond donors (Lipinski definition) is 0. The third-order valence-corrected chi connectivity index (χ3v) is 2.78. The highest BCUT2D eigenvalue weighted by atomic mass is 28.4. The lowest BCUT2D eigenvalue weighted by Gasteiger charge is -2.22. The molecule has 0 saturated carbocycles. The number of carbonyl (C=O) groups excluding carboxylic acids is 1. The number of hydrogen-bond acceptors (Lipinski definition) is 8. The van der Waals surface area contributed by atoms with Crippen molar-refractivity contribution >= 4 is 15.0 Å². The molecule has 0 saturated heterocycles. The van der Waals surface area contributed by atoms with Gasteiger partial charge in [-0.3, -0.25) is 0 Å². The Morgan fingerprint density at radius 2 is 1.37 bits per heavy atom. The van der Waals surface area contributed by atoms with Crippen LogP contribution < -0.4 is 0 Å². The van der Waals surface area contributed by atoms with Crippen LogP contribution in [0.4, 0.5) is 0 Å². The molecule has 0 rings (SSSR count). The second-order valence-corrected chi connectivity index (χ2v) is 4.59. The summed E-state index contributed by atoms with van der Waals surface area (Å²) in [6.07, 6.45) is 2.66. The fraction of sp³-hybridized carbons (Fsp3) is 0.700. The first-order valence-electron chi connectivity index (χ1n) is 5.91. The van der Waals surface area contributed by atoms with E-state index in [0.29, 0.717) is 0 Å². The number of allylic oxidation sites excluding steroid dienone is 1. The van der Waals surface area contributed by atoms with Crippen LogP contribution in [0.25, 0.3) is 0 Å².